The fraction of sp³-hybridized carbons (Fsp3) is 0.462. The molecule has 4 heteroatoms. The second kappa shape index (κ2) is 4.84. The lowest BCUT2D eigenvalue weighted by molar-refractivity contribution is -0.146. The molecule has 1 aromatic carbocycles. The minimum absolute atomic E-state index is 0.226. The first-order valence-electron chi connectivity index (χ1n) is 5.71. The van der Waals surface area contributed by atoms with Gasteiger partial charge in [0, 0.05) is 13.1 Å². The van der Waals surface area contributed by atoms with E-state index < -0.39 is 0 Å². The van der Waals surface area contributed by atoms with E-state index >= 15 is 0 Å². The summed E-state index contributed by atoms with van der Waals surface area (Å²) in [5.41, 5.74) is 2.13. The molecule has 1 heterocycles. The molecule has 0 radical (unpaired) electrons. The highest BCUT2D eigenvalue weighted by atomic mass is 19.1. The van der Waals surface area contributed by atoms with Crippen molar-refractivity contribution in [1.29, 1.82) is 0 Å². The van der Waals surface area contributed by atoms with Gasteiger partial charge in [0.1, 0.15) is 11.9 Å². The Hall–Kier alpha value is -1.42. The molecular formula is C13H16FNO2. The first kappa shape index (κ1) is 12.0. The van der Waals surface area contributed by atoms with Gasteiger partial charge >= 0.3 is 5.97 Å². The summed E-state index contributed by atoms with van der Waals surface area (Å²) < 4.78 is 17.9. The smallest absolute Gasteiger partial charge is 0.322 e. The van der Waals surface area contributed by atoms with E-state index in [1.807, 2.05) is 17.9 Å². The van der Waals surface area contributed by atoms with E-state index in [9.17, 15) is 9.18 Å². The molecule has 92 valence electrons. The summed E-state index contributed by atoms with van der Waals surface area (Å²) >= 11 is 0. The van der Waals surface area contributed by atoms with Gasteiger partial charge in [-0.3, -0.25) is 9.69 Å². The maximum absolute atomic E-state index is 13.1. The van der Waals surface area contributed by atoms with Crippen LogP contribution in [0.25, 0.3) is 0 Å². The molecule has 3 nitrogen and oxygen atoms in total. The van der Waals surface area contributed by atoms with Crippen LogP contribution in [0.3, 0.4) is 0 Å². The molecule has 0 bridgehead atoms. The molecule has 0 aromatic heterocycles. The Morgan fingerprint density at radius 3 is 2.94 bits per heavy atom. The van der Waals surface area contributed by atoms with Crippen LogP contribution in [0.1, 0.15) is 18.1 Å². The van der Waals surface area contributed by atoms with Crippen LogP contribution in [0.2, 0.25) is 0 Å². The number of hydrogen-bond donors (Lipinski definition) is 0. The molecule has 0 amide bonds. The fourth-order valence-electron chi connectivity index (χ4n) is 2.20. The van der Waals surface area contributed by atoms with Gasteiger partial charge in [-0.15, -0.1) is 0 Å². The Balaban J connectivity index is 2.15. The Morgan fingerprint density at radius 2 is 2.24 bits per heavy atom. The number of benzene rings is 1. The summed E-state index contributed by atoms with van der Waals surface area (Å²) in [4.78, 5) is 13.5. The quantitative estimate of drug-likeness (QED) is 0.734. The normalized spacial score (nSPS) is 17.4. The van der Waals surface area contributed by atoms with Gasteiger partial charge in [0.2, 0.25) is 0 Å². The first-order valence-corrected chi connectivity index (χ1v) is 5.71. The van der Waals surface area contributed by atoms with E-state index in [1.165, 1.54) is 18.7 Å². The molecule has 17 heavy (non-hydrogen) atoms. The highest BCUT2D eigenvalue weighted by molar-refractivity contribution is 5.75. The molecule has 2 rings (SSSR count). The number of carbonyl (C=O) groups excluding carboxylic acids is 1. The fourth-order valence-corrected chi connectivity index (χ4v) is 2.20. The lowest BCUT2D eigenvalue weighted by Gasteiger charge is -2.32. The van der Waals surface area contributed by atoms with E-state index in [0.29, 0.717) is 6.54 Å². The lowest BCUT2D eigenvalue weighted by Crippen LogP contribution is -2.42. The number of esters is 1. The molecule has 0 saturated carbocycles. The average Bonchev–Trinajstić information content (AvgIpc) is 2.36. The standard InChI is InChI=1S/C13H16FNO2/c1-9(13(16)17-2)15-6-5-10-3-4-12(14)7-11(10)8-15/h3-4,7,9H,5-6,8H2,1-2H3. The molecule has 0 N–H and O–H groups in total. The van der Waals surface area contributed by atoms with Crippen LogP contribution in [-0.2, 0) is 22.5 Å². The van der Waals surface area contributed by atoms with E-state index in [1.54, 1.807) is 6.07 Å². The van der Waals surface area contributed by atoms with Crippen molar-refractivity contribution in [3.8, 4) is 0 Å². The van der Waals surface area contributed by atoms with Crippen LogP contribution < -0.4 is 0 Å². The van der Waals surface area contributed by atoms with Crippen LogP contribution >= 0.6 is 0 Å². The summed E-state index contributed by atoms with van der Waals surface area (Å²) in [6, 6.07) is 4.57. The Morgan fingerprint density at radius 1 is 1.47 bits per heavy atom. The summed E-state index contributed by atoms with van der Waals surface area (Å²) in [7, 11) is 1.39. The van der Waals surface area contributed by atoms with Gasteiger partial charge < -0.3 is 4.74 Å². The average molecular weight is 237 g/mol. The molecule has 0 spiro atoms. The number of nitrogens with zero attached hydrogens (tertiary/aromatic N) is 1. The molecule has 1 aromatic rings. The maximum atomic E-state index is 13.1. The van der Waals surface area contributed by atoms with Gasteiger partial charge in [-0.1, -0.05) is 6.07 Å². The third-order valence-corrected chi connectivity index (χ3v) is 3.30. The van der Waals surface area contributed by atoms with Gasteiger partial charge in [0.05, 0.1) is 7.11 Å². The van der Waals surface area contributed by atoms with Gasteiger partial charge in [-0.05, 0) is 36.6 Å². The van der Waals surface area contributed by atoms with Crippen molar-refractivity contribution in [2.45, 2.75) is 25.9 Å². The SMILES string of the molecule is COC(=O)C(C)N1CCc2ccc(F)cc2C1. The van der Waals surface area contributed by atoms with Crippen molar-refractivity contribution in [2.75, 3.05) is 13.7 Å². The molecule has 0 fully saturated rings. The molecule has 0 saturated heterocycles. The van der Waals surface area contributed by atoms with Crippen LogP contribution in [0.4, 0.5) is 4.39 Å². The molecular weight excluding hydrogens is 221 g/mol. The second-order valence-electron chi connectivity index (χ2n) is 4.33. The van der Waals surface area contributed by atoms with Gasteiger partial charge in [-0.25, -0.2) is 4.39 Å². The van der Waals surface area contributed by atoms with Crippen molar-refractivity contribution in [3.63, 3.8) is 0 Å². The zero-order valence-electron chi connectivity index (χ0n) is 10.1. The zero-order chi connectivity index (χ0) is 12.4. The highest BCUT2D eigenvalue weighted by Gasteiger charge is 2.25. The molecule has 0 aliphatic carbocycles. The number of carbonyl (C=O) groups is 1. The third-order valence-electron chi connectivity index (χ3n) is 3.30. The van der Waals surface area contributed by atoms with Crippen LogP contribution in [0.5, 0.6) is 0 Å². The van der Waals surface area contributed by atoms with Gasteiger partial charge in [-0.2, -0.15) is 0 Å². The van der Waals surface area contributed by atoms with Crippen LogP contribution in [-0.4, -0.2) is 30.6 Å². The van der Waals surface area contributed by atoms with Crippen molar-refractivity contribution in [1.82, 2.24) is 4.90 Å². The van der Waals surface area contributed by atoms with E-state index in [0.717, 1.165) is 18.5 Å². The lowest BCUT2D eigenvalue weighted by atomic mass is 9.98. The van der Waals surface area contributed by atoms with E-state index in [2.05, 4.69) is 0 Å². The zero-order valence-corrected chi connectivity index (χ0v) is 10.1. The first-order chi connectivity index (χ1) is 8.11. The van der Waals surface area contributed by atoms with Crippen molar-refractivity contribution >= 4 is 5.97 Å². The highest BCUT2D eigenvalue weighted by Crippen LogP contribution is 2.21. The second-order valence-corrected chi connectivity index (χ2v) is 4.33. The number of rotatable bonds is 2. The predicted molar refractivity (Wildman–Crippen MR) is 62.0 cm³/mol. The third kappa shape index (κ3) is 2.47. The van der Waals surface area contributed by atoms with Gasteiger partial charge in [0.15, 0.2) is 0 Å². The Labute approximate surface area is 100 Å². The van der Waals surface area contributed by atoms with Gasteiger partial charge in [0.25, 0.3) is 0 Å². The molecule has 1 unspecified atom stereocenters. The Bertz CT molecular complexity index is 433. The largest absolute Gasteiger partial charge is 0.468 e. The van der Waals surface area contributed by atoms with E-state index in [4.69, 9.17) is 4.74 Å². The van der Waals surface area contributed by atoms with Crippen molar-refractivity contribution < 1.29 is 13.9 Å². The van der Waals surface area contributed by atoms with Crippen molar-refractivity contribution in [2.24, 2.45) is 0 Å². The summed E-state index contributed by atoms with van der Waals surface area (Å²) in [5.74, 6) is -0.471. The minimum atomic E-state index is -0.281. The number of hydrogen-bond acceptors (Lipinski definition) is 3. The molecule has 1 aliphatic rings. The molecule has 1 atom stereocenters. The summed E-state index contributed by atoms with van der Waals surface area (Å²) in [6.07, 6.45) is 0.844. The number of ether oxygens (including phenoxy) is 1. The maximum Gasteiger partial charge on any atom is 0.322 e. The van der Waals surface area contributed by atoms with Crippen LogP contribution in [0, 0.1) is 5.82 Å². The summed E-state index contributed by atoms with van der Waals surface area (Å²) in [6.45, 7) is 3.22. The molecule has 1 aliphatic heterocycles. The Kier molecular flexibility index (Phi) is 3.43. The summed E-state index contributed by atoms with van der Waals surface area (Å²) in [5, 5.41) is 0. The van der Waals surface area contributed by atoms with Crippen molar-refractivity contribution in [3.05, 3.63) is 35.1 Å². The number of fused-ring (bicyclic) bond motifs is 1. The topological polar surface area (TPSA) is 29.5 Å². The number of halogens is 1. The van der Waals surface area contributed by atoms with Crippen LogP contribution in [0.15, 0.2) is 18.2 Å². The van der Waals surface area contributed by atoms with E-state index in [-0.39, 0.29) is 17.8 Å². The predicted octanol–water partition coefficient (Wildman–Crippen LogP) is 1.75. The minimum Gasteiger partial charge on any atom is -0.468 e. The number of methoxy groups -OCH3 is 1. The monoisotopic (exact) mass is 237 g/mol.